The summed E-state index contributed by atoms with van der Waals surface area (Å²) in [6.07, 6.45) is 0. The molecule has 2 rings (SSSR count). The molecule has 0 fully saturated rings. The van der Waals surface area contributed by atoms with Crippen LogP contribution in [0.2, 0.25) is 0 Å². The molecule has 0 amide bonds. The zero-order chi connectivity index (χ0) is 14.7. The third-order valence-electron chi connectivity index (χ3n) is 2.64. The van der Waals surface area contributed by atoms with Crippen molar-refractivity contribution in [3.05, 3.63) is 52.6 Å². The average Bonchev–Trinajstić information content (AvgIpc) is 2.39. The van der Waals surface area contributed by atoms with Crippen LogP contribution in [-0.2, 0) is 0 Å². The molecule has 20 heavy (non-hydrogen) atoms. The van der Waals surface area contributed by atoms with Crippen LogP contribution < -0.4 is 10.5 Å². The topological polar surface area (TPSA) is 78.4 Å². The Morgan fingerprint density at radius 3 is 2.55 bits per heavy atom. The molecule has 0 spiro atoms. The van der Waals surface area contributed by atoms with Crippen LogP contribution in [0.15, 0.2) is 42.5 Å². The van der Waals surface area contributed by atoms with Gasteiger partial charge in [0, 0.05) is 11.6 Å². The lowest BCUT2D eigenvalue weighted by molar-refractivity contribution is -0.383. The smallest absolute Gasteiger partial charge is 0.387 e. The molecule has 7 heteroatoms. The van der Waals surface area contributed by atoms with Gasteiger partial charge in [-0.3, -0.25) is 10.1 Å². The summed E-state index contributed by atoms with van der Waals surface area (Å²) < 4.78 is 29.1. The number of halogens is 2. The molecule has 0 unspecified atom stereocenters. The lowest BCUT2D eigenvalue weighted by atomic mass is 10.0. The van der Waals surface area contributed by atoms with Gasteiger partial charge in [-0.25, -0.2) is 0 Å². The molecule has 2 aromatic carbocycles. The van der Waals surface area contributed by atoms with E-state index in [-0.39, 0.29) is 17.1 Å². The first-order chi connectivity index (χ1) is 9.49. The van der Waals surface area contributed by atoms with Gasteiger partial charge in [-0.05, 0) is 17.7 Å². The fraction of sp³-hybridized carbons (Fsp3) is 0.0769. The highest BCUT2D eigenvalue weighted by atomic mass is 19.3. The minimum absolute atomic E-state index is 0.00556. The molecule has 0 saturated heterocycles. The van der Waals surface area contributed by atoms with Crippen LogP contribution in [0.4, 0.5) is 20.2 Å². The number of hydrogen-bond donors (Lipinski definition) is 1. The summed E-state index contributed by atoms with van der Waals surface area (Å²) in [6.45, 7) is -2.97. The molecule has 0 aliphatic carbocycles. The van der Waals surface area contributed by atoms with Crippen LogP contribution >= 0.6 is 0 Å². The first-order valence-corrected chi connectivity index (χ1v) is 5.57. The van der Waals surface area contributed by atoms with E-state index in [2.05, 4.69) is 4.74 Å². The lowest BCUT2D eigenvalue weighted by Crippen LogP contribution is -2.03. The van der Waals surface area contributed by atoms with Crippen molar-refractivity contribution in [1.82, 2.24) is 0 Å². The van der Waals surface area contributed by atoms with Crippen molar-refractivity contribution >= 4 is 11.4 Å². The fourth-order valence-electron chi connectivity index (χ4n) is 1.77. The molecule has 104 valence electrons. The number of anilines is 1. The van der Waals surface area contributed by atoms with E-state index in [0.29, 0.717) is 11.1 Å². The van der Waals surface area contributed by atoms with E-state index in [4.69, 9.17) is 5.73 Å². The van der Waals surface area contributed by atoms with Gasteiger partial charge in [0.05, 0.1) is 4.92 Å². The van der Waals surface area contributed by atoms with E-state index in [1.807, 2.05) is 0 Å². The van der Waals surface area contributed by atoms with E-state index >= 15 is 0 Å². The van der Waals surface area contributed by atoms with Crippen molar-refractivity contribution in [2.24, 2.45) is 0 Å². The number of para-hydroxylation sites is 1. The SMILES string of the molecule is Nc1ccc(-c2ccccc2OC(F)F)cc1[N+](=O)[O-]. The second kappa shape index (κ2) is 5.52. The minimum Gasteiger partial charge on any atom is -0.434 e. The predicted molar refractivity (Wildman–Crippen MR) is 69.6 cm³/mol. The van der Waals surface area contributed by atoms with Crippen molar-refractivity contribution < 1.29 is 18.4 Å². The molecular weight excluding hydrogens is 270 g/mol. The molecule has 0 heterocycles. The Kier molecular flexibility index (Phi) is 3.79. The van der Waals surface area contributed by atoms with E-state index in [1.165, 1.54) is 36.4 Å². The van der Waals surface area contributed by atoms with E-state index in [9.17, 15) is 18.9 Å². The predicted octanol–water partition coefficient (Wildman–Crippen LogP) is 3.45. The van der Waals surface area contributed by atoms with Gasteiger partial charge in [-0.1, -0.05) is 24.3 Å². The maximum atomic E-state index is 12.3. The summed E-state index contributed by atoms with van der Waals surface area (Å²) in [5.74, 6) is -0.0541. The Bertz CT molecular complexity index is 647. The molecule has 2 aromatic rings. The zero-order valence-corrected chi connectivity index (χ0v) is 10.1. The van der Waals surface area contributed by atoms with Gasteiger partial charge in [-0.15, -0.1) is 0 Å². The number of benzene rings is 2. The van der Waals surface area contributed by atoms with Crippen LogP contribution in [0, 0.1) is 10.1 Å². The minimum atomic E-state index is -2.97. The summed E-state index contributed by atoms with van der Waals surface area (Å²) >= 11 is 0. The van der Waals surface area contributed by atoms with Gasteiger partial charge in [0.25, 0.3) is 5.69 Å². The zero-order valence-electron chi connectivity index (χ0n) is 10.1. The van der Waals surface area contributed by atoms with Gasteiger partial charge in [0.15, 0.2) is 0 Å². The molecule has 5 nitrogen and oxygen atoms in total. The fourth-order valence-corrected chi connectivity index (χ4v) is 1.77. The van der Waals surface area contributed by atoms with Gasteiger partial charge in [0.1, 0.15) is 11.4 Å². The van der Waals surface area contributed by atoms with Crippen molar-refractivity contribution in [2.45, 2.75) is 6.61 Å². The molecule has 0 radical (unpaired) electrons. The van der Waals surface area contributed by atoms with E-state index in [0.717, 1.165) is 0 Å². The number of nitro groups is 1. The van der Waals surface area contributed by atoms with Crippen LogP contribution in [0.3, 0.4) is 0 Å². The molecular formula is C13H10F2N2O3. The number of nitrogen functional groups attached to an aromatic ring is 1. The summed E-state index contributed by atoms with van der Waals surface area (Å²) in [7, 11) is 0. The summed E-state index contributed by atoms with van der Waals surface area (Å²) in [5, 5.41) is 10.8. The number of nitrogens with two attached hydrogens (primary N) is 1. The van der Waals surface area contributed by atoms with Crippen LogP contribution in [0.1, 0.15) is 0 Å². The normalized spacial score (nSPS) is 10.6. The lowest BCUT2D eigenvalue weighted by Gasteiger charge is -2.10. The molecule has 0 aliphatic rings. The largest absolute Gasteiger partial charge is 0.434 e. The second-order valence-electron chi connectivity index (χ2n) is 3.91. The van der Waals surface area contributed by atoms with Crippen LogP contribution in [-0.4, -0.2) is 11.5 Å². The van der Waals surface area contributed by atoms with E-state index < -0.39 is 11.5 Å². The Morgan fingerprint density at radius 2 is 1.90 bits per heavy atom. The van der Waals surface area contributed by atoms with Crippen molar-refractivity contribution in [1.29, 1.82) is 0 Å². The van der Waals surface area contributed by atoms with Gasteiger partial charge in [-0.2, -0.15) is 8.78 Å². The number of rotatable bonds is 4. The summed E-state index contributed by atoms with van der Waals surface area (Å²) in [6, 6.07) is 10.1. The van der Waals surface area contributed by atoms with Crippen LogP contribution in [0.25, 0.3) is 11.1 Å². The Hall–Kier alpha value is -2.70. The summed E-state index contributed by atoms with van der Waals surface area (Å²) in [4.78, 5) is 10.2. The monoisotopic (exact) mass is 280 g/mol. The third-order valence-corrected chi connectivity index (χ3v) is 2.64. The maximum absolute atomic E-state index is 12.3. The standard InChI is InChI=1S/C13H10F2N2O3/c14-13(15)20-12-4-2-1-3-9(12)8-5-6-10(16)11(7-8)17(18)19/h1-7,13H,16H2. The second-order valence-corrected chi connectivity index (χ2v) is 3.91. The highest BCUT2D eigenvalue weighted by Gasteiger charge is 2.16. The van der Waals surface area contributed by atoms with Gasteiger partial charge >= 0.3 is 6.61 Å². The highest BCUT2D eigenvalue weighted by molar-refractivity contribution is 5.76. The van der Waals surface area contributed by atoms with Crippen molar-refractivity contribution in [3.8, 4) is 16.9 Å². The number of nitro benzene ring substituents is 1. The molecule has 0 saturated carbocycles. The van der Waals surface area contributed by atoms with Crippen LogP contribution in [0.5, 0.6) is 5.75 Å². The Morgan fingerprint density at radius 1 is 1.20 bits per heavy atom. The maximum Gasteiger partial charge on any atom is 0.387 e. The molecule has 0 aliphatic heterocycles. The molecule has 0 atom stereocenters. The average molecular weight is 280 g/mol. The number of ether oxygens (including phenoxy) is 1. The Labute approximate surface area is 112 Å². The Balaban J connectivity index is 2.51. The quantitative estimate of drug-likeness (QED) is 0.528. The molecule has 2 N–H and O–H groups in total. The van der Waals surface area contributed by atoms with Gasteiger partial charge < -0.3 is 10.5 Å². The highest BCUT2D eigenvalue weighted by Crippen LogP contribution is 2.34. The first-order valence-electron chi connectivity index (χ1n) is 5.57. The third kappa shape index (κ3) is 2.82. The first kappa shape index (κ1) is 13.7. The van der Waals surface area contributed by atoms with Crippen molar-refractivity contribution in [2.75, 3.05) is 5.73 Å². The molecule has 0 aromatic heterocycles. The summed E-state index contributed by atoms with van der Waals surface area (Å²) in [5.41, 5.74) is 5.92. The number of hydrogen-bond acceptors (Lipinski definition) is 4. The van der Waals surface area contributed by atoms with Crippen molar-refractivity contribution in [3.63, 3.8) is 0 Å². The number of alkyl halides is 2. The molecule has 0 bridgehead atoms. The number of nitrogens with zero attached hydrogens (tertiary/aromatic N) is 1. The van der Waals surface area contributed by atoms with E-state index in [1.54, 1.807) is 6.07 Å². The van der Waals surface area contributed by atoms with Gasteiger partial charge in [0.2, 0.25) is 0 Å².